The lowest BCUT2D eigenvalue weighted by molar-refractivity contribution is -0.110. The Morgan fingerprint density at radius 2 is 1.93 bits per heavy atom. The van der Waals surface area contributed by atoms with Crippen molar-refractivity contribution in [3.05, 3.63) is 45.3 Å². The second-order valence-electron chi connectivity index (χ2n) is 7.92. The SMILES string of the molecule is CCN1CCc2c(c3c(c(C)c2-c2cc(F)c(C)c(C)c2OC)/C(=N/O)C(=O)N3)C1. The van der Waals surface area contributed by atoms with E-state index in [1.54, 1.807) is 14.0 Å². The zero-order valence-electron chi connectivity index (χ0n) is 17.9. The molecule has 158 valence electrons. The quantitative estimate of drug-likeness (QED) is 0.593. The third-order valence-corrected chi connectivity index (χ3v) is 6.52. The highest BCUT2D eigenvalue weighted by Crippen LogP contribution is 2.46. The number of rotatable bonds is 3. The number of anilines is 1. The molecular formula is C23H26FN3O3. The van der Waals surface area contributed by atoms with Crippen LogP contribution in [0.25, 0.3) is 11.1 Å². The molecule has 6 nitrogen and oxygen atoms in total. The monoisotopic (exact) mass is 411 g/mol. The highest BCUT2D eigenvalue weighted by atomic mass is 19.1. The molecule has 0 aromatic heterocycles. The summed E-state index contributed by atoms with van der Waals surface area (Å²) in [6, 6.07) is 1.52. The predicted molar refractivity (Wildman–Crippen MR) is 114 cm³/mol. The van der Waals surface area contributed by atoms with E-state index in [1.165, 1.54) is 6.07 Å². The van der Waals surface area contributed by atoms with Crippen molar-refractivity contribution < 1.29 is 19.1 Å². The molecule has 2 heterocycles. The number of oxime groups is 1. The number of carbonyl (C=O) groups excluding carboxylic acids is 1. The molecule has 0 radical (unpaired) electrons. The molecule has 4 rings (SSSR count). The molecule has 0 saturated carbocycles. The first kappa shape index (κ1) is 20.3. The molecule has 0 spiro atoms. The van der Waals surface area contributed by atoms with Crippen LogP contribution in [-0.2, 0) is 17.8 Å². The highest BCUT2D eigenvalue weighted by molar-refractivity contribution is 6.54. The van der Waals surface area contributed by atoms with Gasteiger partial charge in [-0.1, -0.05) is 12.1 Å². The van der Waals surface area contributed by atoms with Gasteiger partial charge in [-0.05, 0) is 73.2 Å². The summed E-state index contributed by atoms with van der Waals surface area (Å²) in [5.41, 5.74) is 6.94. The van der Waals surface area contributed by atoms with E-state index >= 15 is 0 Å². The van der Waals surface area contributed by atoms with Crippen molar-refractivity contribution in [2.75, 3.05) is 25.5 Å². The van der Waals surface area contributed by atoms with Crippen LogP contribution < -0.4 is 10.1 Å². The van der Waals surface area contributed by atoms with Gasteiger partial charge in [0, 0.05) is 24.2 Å². The lowest BCUT2D eigenvalue weighted by Gasteiger charge is -2.32. The molecule has 0 unspecified atom stereocenters. The maximum atomic E-state index is 14.8. The van der Waals surface area contributed by atoms with Gasteiger partial charge in [0.1, 0.15) is 11.6 Å². The number of ether oxygens (including phenoxy) is 1. The van der Waals surface area contributed by atoms with E-state index in [9.17, 15) is 14.4 Å². The van der Waals surface area contributed by atoms with Gasteiger partial charge >= 0.3 is 0 Å². The number of hydrogen-bond acceptors (Lipinski definition) is 5. The Labute approximate surface area is 175 Å². The molecular weight excluding hydrogens is 385 g/mol. The van der Waals surface area contributed by atoms with E-state index in [-0.39, 0.29) is 11.5 Å². The van der Waals surface area contributed by atoms with Crippen molar-refractivity contribution in [2.45, 2.75) is 40.7 Å². The van der Waals surface area contributed by atoms with Crippen LogP contribution in [0, 0.1) is 26.6 Å². The molecule has 2 N–H and O–H groups in total. The smallest absolute Gasteiger partial charge is 0.278 e. The Hall–Kier alpha value is -2.93. The molecule has 2 aromatic rings. The van der Waals surface area contributed by atoms with Crippen molar-refractivity contribution in [2.24, 2.45) is 5.16 Å². The molecule has 2 aliphatic heterocycles. The van der Waals surface area contributed by atoms with Crippen LogP contribution in [0.3, 0.4) is 0 Å². The molecule has 0 atom stereocenters. The largest absolute Gasteiger partial charge is 0.496 e. The molecule has 2 aromatic carbocycles. The molecule has 0 saturated heterocycles. The van der Waals surface area contributed by atoms with Gasteiger partial charge in [-0.25, -0.2) is 4.39 Å². The van der Waals surface area contributed by atoms with E-state index in [1.807, 2.05) is 13.8 Å². The number of fused-ring (bicyclic) bond motifs is 3. The number of likely N-dealkylation sites (N-methyl/N-ethyl adjacent to an activating group) is 1. The van der Waals surface area contributed by atoms with Crippen LogP contribution in [0.2, 0.25) is 0 Å². The summed E-state index contributed by atoms with van der Waals surface area (Å²) in [5.74, 6) is -0.105. The van der Waals surface area contributed by atoms with E-state index < -0.39 is 5.91 Å². The van der Waals surface area contributed by atoms with Crippen molar-refractivity contribution in [3.8, 4) is 16.9 Å². The number of carbonyl (C=O) groups is 1. The minimum Gasteiger partial charge on any atom is -0.496 e. The summed E-state index contributed by atoms with van der Waals surface area (Å²) in [4.78, 5) is 14.8. The van der Waals surface area contributed by atoms with Crippen LogP contribution >= 0.6 is 0 Å². The Balaban J connectivity index is 2.11. The minimum absolute atomic E-state index is 0.0107. The Kier molecular flexibility index (Phi) is 5.02. The molecule has 0 bridgehead atoms. The number of nitrogens with one attached hydrogen (secondary N) is 1. The summed E-state index contributed by atoms with van der Waals surface area (Å²) in [6.45, 7) is 9.99. The predicted octanol–water partition coefficient (Wildman–Crippen LogP) is 3.93. The van der Waals surface area contributed by atoms with E-state index in [0.29, 0.717) is 34.7 Å². The minimum atomic E-state index is -0.429. The molecule has 2 aliphatic rings. The fourth-order valence-electron chi connectivity index (χ4n) is 4.77. The lowest BCUT2D eigenvalue weighted by atomic mass is 9.82. The van der Waals surface area contributed by atoms with Crippen LogP contribution in [0.5, 0.6) is 5.75 Å². The van der Waals surface area contributed by atoms with Gasteiger partial charge in [-0.15, -0.1) is 0 Å². The maximum Gasteiger partial charge on any atom is 0.278 e. The van der Waals surface area contributed by atoms with E-state index in [2.05, 4.69) is 22.3 Å². The molecule has 0 fully saturated rings. The topological polar surface area (TPSA) is 74.2 Å². The zero-order chi connectivity index (χ0) is 21.7. The zero-order valence-corrected chi connectivity index (χ0v) is 17.9. The molecule has 7 heteroatoms. The van der Waals surface area contributed by atoms with Gasteiger partial charge in [-0.2, -0.15) is 0 Å². The lowest BCUT2D eigenvalue weighted by Crippen LogP contribution is -2.31. The number of amides is 1. The van der Waals surface area contributed by atoms with E-state index in [4.69, 9.17) is 4.74 Å². The van der Waals surface area contributed by atoms with Gasteiger partial charge in [0.15, 0.2) is 5.71 Å². The third kappa shape index (κ3) is 2.80. The van der Waals surface area contributed by atoms with Gasteiger partial charge < -0.3 is 15.3 Å². The van der Waals surface area contributed by atoms with Gasteiger partial charge in [0.05, 0.1) is 12.8 Å². The fraction of sp³-hybridized carbons (Fsp3) is 0.391. The van der Waals surface area contributed by atoms with E-state index in [0.717, 1.165) is 47.3 Å². The number of hydrogen-bond donors (Lipinski definition) is 2. The summed E-state index contributed by atoms with van der Waals surface area (Å²) >= 11 is 0. The summed E-state index contributed by atoms with van der Waals surface area (Å²) in [5, 5.41) is 15.7. The second kappa shape index (κ2) is 7.40. The van der Waals surface area contributed by atoms with Crippen molar-refractivity contribution in [3.63, 3.8) is 0 Å². The van der Waals surface area contributed by atoms with Crippen LogP contribution in [0.15, 0.2) is 11.2 Å². The van der Waals surface area contributed by atoms with Gasteiger partial charge in [-0.3, -0.25) is 9.69 Å². The first-order valence-electron chi connectivity index (χ1n) is 10.1. The average molecular weight is 411 g/mol. The Bertz CT molecular complexity index is 1110. The Morgan fingerprint density at radius 1 is 1.20 bits per heavy atom. The summed E-state index contributed by atoms with van der Waals surface area (Å²) in [7, 11) is 1.59. The van der Waals surface area contributed by atoms with Crippen LogP contribution in [0.1, 0.15) is 40.3 Å². The van der Waals surface area contributed by atoms with Crippen molar-refractivity contribution in [1.29, 1.82) is 0 Å². The summed E-state index contributed by atoms with van der Waals surface area (Å²) < 4.78 is 20.5. The first-order chi connectivity index (χ1) is 14.3. The standard InChI is InChI=1S/C23H26FN3O3/c1-6-27-8-7-14-16(10-27)20-19(21(26-29)23(28)25-20)13(4)18(14)15-9-17(24)11(2)12(3)22(15)30-5/h9,29H,6-8,10H2,1-5H3,(H,25,26,28). The van der Waals surface area contributed by atoms with Crippen molar-refractivity contribution in [1.82, 2.24) is 4.90 Å². The number of benzene rings is 2. The molecule has 0 aliphatic carbocycles. The van der Waals surface area contributed by atoms with Crippen LogP contribution in [-0.4, -0.2) is 41.9 Å². The third-order valence-electron chi connectivity index (χ3n) is 6.52. The normalized spacial score (nSPS) is 17.1. The Morgan fingerprint density at radius 3 is 2.57 bits per heavy atom. The highest BCUT2D eigenvalue weighted by Gasteiger charge is 2.36. The molecule has 1 amide bonds. The number of halogens is 1. The van der Waals surface area contributed by atoms with Gasteiger partial charge in [0.2, 0.25) is 0 Å². The van der Waals surface area contributed by atoms with Crippen LogP contribution in [0.4, 0.5) is 10.1 Å². The summed E-state index contributed by atoms with van der Waals surface area (Å²) in [6.07, 6.45) is 0.770. The number of methoxy groups -OCH3 is 1. The number of nitrogens with zero attached hydrogens (tertiary/aromatic N) is 2. The van der Waals surface area contributed by atoms with Gasteiger partial charge in [0.25, 0.3) is 5.91 Å². The van der Waals surface area contributed by atoms with Crippen molar-refractivity contribution >= 4 is 17.3 Å². The maximum absolute atomic E-state index is 14.8. The molecule has 30 heavy (non-hydrogen) atoms. The first-order valence-corrected chi connectivity index (χ1v) is 10.1. The average Bonchev–Trinajstić information content (AvgIpc) is 3.08. The second-order valence-corrected chi connectivity index (χ2v) is 7.92. The fourth-order valence-corrected chi connectivity index (χ4v) is 4.77.